The van der Waals surface area contributed by atoms with Gasteiger partial charge < -0.3 is 9.47 Å². The van der Waals surface area contributed by atoms with Gasteiger partial charge in [0.1, 0.15) is 18.1 Å². The molecule has 9 heteroatoms. The number of carbonyl (C=O) groups excluding carboxylic acids is 1. The lowest BCUT2D eigenvalue weighted by Gasteiger charge is -2.10. The smallest absolute Gasteiger partial charge is 0.277 e. The fraction of sp³-hybridized carbons (Fsp3) is 0.200. The minimum atomic E-state index is -0.338. The van der Waals surface area contributed by atoms with E-state index in [0.717, 1.165) is 20.1 Å². The summed E-state index contributed by atoms with van der Waals surface area (Å²) in [4.78, 5) is 12.2. The highest BCUT2D eigenvalue weighted by atomic mass is 79.9. The normalized spacial score (nSPS) is 13.8. The minimum Gasteiger partial charge on any atom is -0.488 e. The monoisotopic (exact) mass is 620 g/mol. The molecule has 0 bridgehead atoms. The van der Waals surface area contributed by atoms with Gasteiger partial charge in [-0.05, 0) is 53.6 Å². The number of hydrazone groups is 1. The van der Waals surface area contributed by atoms with E-state index in [-0.39, 0.29) is 12.5 Å². The third kappa shape index (κ3) is 7.53. The van der Waals surface area contributed by atoms with Gasteiger partial charge in [-0.15, -0.1) is 23.5 Å². The SMILES string of the molecule is O=C(COc1ccc(C2SCCS2)cc1)N/N=C\c1cc(Br)ccc1OCc1ccc(Br)cc1. The summed E-state index contributed by atoms with van der Waals surface area (Å²) in [6, 6.07) is 21.5. The van der Waals surface area contributed by atoms with E-state index in [2.05, 4.69) is 54.5 Å². The first-order valence-electron chi connectivity index (χ1n) is 10.5. The lowest BCUT2D eigenvalue weighted by atomic mass is 10.2. The van der Waals surface area contributed by atoms with Crippen molar-refractivity contribution < 1.29 is 14.3 Å². The van der Waals surface area contributed by atoms with Crippen LogP contribution in [0.25, 0.3) is 0 Å². The maximum absolute atomic E-state index is 12.2. The molecule has 3 aromatic rings. The van der Waals surface area contributed by atoms with Crippen LogP contribution in [0.2, 0.25) is 0 Å². The van der Waals surface area contributed by atoms with Crippen LogP contribution in [0.15, 0.2) is 80.8 Å². The van der Waals surface area contributed by atoms with Gasteiger partial charge in [0.15, 0.2) is 6.61 Å². The molecule has 0 radical (unpaired) electrons. The average Bonchev–Trinajstić information content (AvgIpc) is 3.39. The summed E-state index contributed by atoms with van der Waals surface area (Å²) in [6.07, 6.45) is 1.56. The zero-order valence-electron chi connectivity index (χ0n) is 18.1. The van der Waals surface area contributed by atoms with E-state index in [9.17, 15) is 4.79 Å². The van der Waals surface area contributed by atoms with Crippen LogP contribution >= 0.6 is 55.4 Å². The lowest BCUT2D eigenvalue weighted by Crippen LogP contribution is -2.24. The first-order valence-corrected chi connectivity index (χ1v) is 14.2. The number of rotatable bonds is 9. The number of nitrogens with one attached hydrogen (secondary N) is 1. The van der Waals surface area contributed by atoms with Crippen molar-refractivity contribution in [3.8, 4) is 11.5 Å². The minimum absolute atomic E-state index is 0.116. The van der Waals surface area contributed by atoms with Gasteiger partial charge in [-0.3, -0.25) is 4.79 Å². The van der Waals surface area contributed by atoms with E-state index in [4.69, 9.17) is 9.47 Å². The van der Waals surface area contributed by atoms with Crippen LogP contribution in [0, 0.1) is 0 Å². The summed E-state index contributed by atoms with van der Waals surface area (Å²) >= 11 is 10.8. The van der Waals surface area contributed by atoms with Crippen molar-refractivity contribution in [2.24, 2.45) is 5.10 Å². The maximum atomic E-state index is 12.2. The fourth-order valence-corrected chi connectivity index (χ4v) is 6.62. The number of ether oxygens (including phenoxy) is 2. The molecular formula is C25H22Br2N2O3S2. The lowest BCUT2D eigenvalue weighted by molar-refractivity contribution is -0.123. The molecule has 1 saturated heterocycles. The van der Waals surface area contributed by atoms with E-state index >= 15 is 0 Å². The van der Waals surface area contributed by atoms with Gasteiger partial charge in [-0.25, -0.2) is 5.43 Å². The number of thioether (sulfide) groups is 2. The van der Waals surface area contributed by atoms with Crippen LogP contribution in [0.4, 0.5) is 0 Å². The van der Waals surface area contributed by atoms with E-state index < -0.39 is 0 Å². The van der Waals surface area contributed by atoms with Gasteiger partial charge in [-0.1, -0.05) is 56.1 Å². The van der Waals surface area contributed by atoms with E-state index in [1.54, 1.807) is 6.21 Å². The number of hydrogen-bond donors (Lipinski definition) is 1. The van der Waals surface area contributed by atoms with Crippen LogP contribution in [-0.2, 0) is 11.4 Å². The second-order valence-electron chi connectivity index (χ2n) is 7.32. The third-order valence-electron chi connectivity index (χ3n) is 4.82. The summed E-state index contributed by atoms with van der Waals surface area (Å²) in [5, 5.41) is 4.07. The molecule has 3 aromatic carbocycles. The molecule has 0 saturated carbocycles. The quantitative estimate of drug-likeness (QED) is 0.210. The van der Waals surface area contributed by atoms with Crippen LogP contribution in [0.5, 0.6) is 11.5 Å². The Labute approximate surface area is 224 Å². The number of nitrogens with zero attached hydrogens (tertiary/aromatic N) is 1. The summed E-state index contributed by atoms with van der Waals surface area (Å²) in [6.45, 7) is 0.307. The summed E-state index contributed by atoms with van der Waals surface area (Å²) in [5.41, 5.74) is 5.58. The van der Waals surface area contributed by atoms with Gasteiger partial charge in [-0.2, -0.15) is 5.10 Å². The van der Waals surface area contributed by atoms with Crippen molar-refractivity contribution in [2.45, 2.75) is 11.2 Å². The highest BCUT2D eigenvalue weighted by Crippen LogP contribution is 2.45. The van der Waals surface area contributed by atoms with E-state index in [1.807, 2.05) is 78.1 Å². The molecule has 1 heterocycles. The molecule has 0 unspecified atom stereocenters. The van der Waals surface area contributed by atoms with Crippen molar-refractivity contribution in [1.82, 2.24) is 5.43 Å². The molecule has 4 rings (SSSR count). The van der Waals surface area contributed by atoms with E-state index in [1.165, 1.54) is 17.1 Å². The molecule has 1 amide bonds. The molecule has 176 valence electrons. The molecule has 0 aliphatic carbocycles. The van der Waals surface area contributed by atoms with Gasteiger partial charge in [0, 0.05) is 26.0 Å². The first kappa shape index (κ1) is 25.2. The van der Waals surface area contributed by atoms with Crippen molar-refractivity contribution in [3.05, 3.63) is 92.4 Å². The Morgan fingerprint density at radius 1 is 0.971 bits per heavy atom. The summed E-state index contributed by atoms with van der Waals surface area (Å²) in [5.74, 6) is 3.36. The first-order chi connectivity index (χ1) is 16.6. The molecule has 1 N–H and O–H groups in total. The average molecular weight is 622 g/mol. The fourth-order valence-electron chi connectivity index (χ4n) is 3.12. The predicted molar refractivity (Wildman–Crippen MR) is 148 cm³/mol. The molecule has 1 fully saturated rings. The Kier molecular flexibility index (Phi) is 9.38. The maximum Gasteiger partial charge on any atom is 0.277 e. The van der Waals surface area contributed by atoms with Crippen molar-refractivity contribution in [1.29, 1.82) is 0 Å². The van der Waals surface area contributed by atoms with Gasteiger partial charge in [0.25, 0.3) is 5.91 Å². The van der Waals surface area contributed by atoms with Crippen LogP contribution in [0.1, 0.15) is 21.3 Å². The third-order valence-corrected chi connectivity index (χ3v) is 8.94. The van der Waals surface area contributed by atoms with Crippen LogP contribution in [0.3, 0.4) is 0 Å². The van der Waals surface area contributed by atoms with Crippen molar-refractivity contribution >= 4 is 67.5 Å². The standard InChI is InChI=1S/C25H22Br2N2O3S2/c26-20-5-1-17(2-6-20)15-32-23-10-7-21(27)13-19(23)14-28-29-24(30)16-31-22-8-3-18(4-9-22)25-33-11-12-34-25/h1-10,13-14,25H,11-12,15-16H2,(H,29,30)/b28-14-. The van der Waals surface area contributed by atoms with Gasteiger partial charge in [0.2, 0.25) is 0 Å². The van der Waals surface area contributed by atoms with E-state index in [0.29, 0.717) is 22.7 Å². The Balaban J connectivity index is 1.27. The number of halogens is 2. The highest BCUT2D eigenvalue weighted by molar-refractivity contribution is 9.10. The summed E-state index contributed by atoms with van der Waals surface area (Å²) in [7, 11) is 0. The predicted octanol–water partition coefficient (Wildman–Crippen LogP) is 6.80. The second kappa shape index (κ2) is 12.7. The number of carbonyl (C=O) groups is 1. The number of hydrogen-bond acceptors (Lipinski definition) is 6. The molecule has 0 aromatic heterocycles. The summed E-state index contributed by atoms with van der Waals surface area (Å²) < 4.78 is 14.0. The Hall–Kier alpha value is -1.94. The second-order valence-corrected chi connectivity index (χ2v) is 11.9. The Morgan fingerprint density at radius 3 is 2.41 bits per heavy atom. The molecular weight excluding hydrogens is 600 g/mol. The zero-order valence-corrected chi connectivity index (χ0v) is 22.9. The molecule has 0 atom stereocenters. The molecule has 0 spiro atoms. The molecule has 1 aliphatic rings. The Bertz CT molecular complexity index is 1140. The zero-order chi connectivity index (χ0) is 23.8. The molecule has 1 aliphatic heterocycles. The van der Waals surface area contributed by atoms with Gasteiger partial charge in [0.05, 0.1) is 10.8 Å². The van der Waals surface area contributed by atoms with Crippen molar-refractivity contribution in [2.75, 3.05) is 18.1 Å². The number of benzene rings is 3. The van der Waals surface area contributed by atoms with Crippen LogP contribution in [-0.4, -0.2) is 30.2 Å². The van der Waals surface area contributed by atoms with Crippen LogP contribution < -0.4 is 14.9 Å². The molecule has 34 heavy (non-hydrogen) atoms. The number of amides is 1. The van der Waals surface area contributed by atoms with Crippen molar-refractivity contribution in [3.63, 3.8) is 0 Å². The largest absolute Gasteiger partial charge is 0.488 e. The molecule has 5 nitrogen and oxygen atoms in total. The highest BCUT2D eigenvalue weighted by Gasteiger charge is 2.18. The Morgan fingerprint density at radius 2 is 1.68 bits per heavy atom. The van der Waals surface area contributed by atoms with Gasteiger partial charge >= 0.3 is 0 Å². The topological polar surface area (TPSA) is 59.9 Å².